The summed E-state index contributed by atoms with van der Waals surface area (Å²) >= 11 is 0. The first kappa shape index (κ1) is 11.2. The molecular formula is C12H15N3. The highest BCUT2D eigenvalue weighted by molar-refractivity contribution is 6.08. The maximum absolute atomic E-state index is 7.61. The number of aryl methyl sites for hydroxylation is 1. The summed E-state index contributed by atoms with van der Waals surface area (Å²) in [7, 11) is 0. The molecule has 78 valence electrons. The Morgan fingerprint density at radius 2 is 2.27 bits per heavy atom. The van der Waals surface area contributed by atoms with E-state index in [-0.39, 0.29) is 0 Å². The first-order valence-electron chi connectivity index (χ1n) is 4.75. The van der Waals surface area contributed by atoms with Crippen LogP contribution in [0.4, 0.5) is 0 Å². The van der Waals surface area contributed by atoms with Crippen molar-refractivity contribution in [3.63, 3.8) is 0 Å². The van der Waals surface area contributed by atoms with Gasteiger partial charge in [0.1, 0.15) is 0 Å². The van der Waals surface area contributed by atoms with E-state index in [9.17, 15) is 0 Å². The third kappa shape index (κ3) is 3.06. The van der Waals surface area contributed by atoms with Gasteiger partial charge in [-0.3, -0.25) is 10.4 Å². The molecule has 0 bridgehead atoms. The van der Waals surface area contributed by atoms with Crippen LogP contribution < -0.4 is 5.73 Å². The van der Waals surface area contributed by atoms with Crippen molar-refractivity contribution in [1.82, 2.24) is 4.98 Å². The molecule has 3 heteroatoms. The third-order valence-electron chi connectivity index (χ3n) is 2.00. The summed E-state index contributed by atoms with van der Waals surface area (Å²) in [6.07, 6.45) is 6.96. The first-order valence-corrected chi connectivity index (χ1v) is 4.75. The molecule has 0 unspecified atom stereocenters. The summed E-state index contributed by atoms with van der Waals surface area (Å²) in [4.78, 5) is 4.15. The van der Waals surface area contributed by atoms with Gasteiger partial charge in [0.15, 0.2) is 0 Å². The fraction of sp³-hybridized carbons (Fsp3) is 0.167. The molecular weight excluding hydrogens is 186 g/mol. The number of nitrogens with zero attached hydrogens (tertiary/aromatic N) is 1. The lowest BCUT2D eigenvalue weighted by Gasteiger charge is -2.01. The summed E-state index contributed by atoms with van der Waals surface area (Å²) in [6.45, 7) is 3.77. The second-order valence-electron chi connectivity index (χ2n) is 3.19. The van der Waals surface area contributed by atoms with Gasteiger partial charge in [-0.2, -0.15) is 0 Å². The zero-order valence-corrected chi connectivity index (χ0v) is 8.99. The van der Waals surface area contributed by atoms with E-state index in [1.165, 1.54) is 0 Å². The number of nitrogens with one attached hydrogen (secondary N) is 1. The molecule has 3 N–H and O–H groups in total. The van der Waals surface area contributed by atoms with Crippen LogP contribution in [0.5, 0.6) is 0 Å². The van der Waals surface area contributed by atoms with E-state index in [0.717, 1.165) is 11.3 Å². The molecule has 0 radical (unpaired) electrons. The number of hydrogen-bond acceptors (Lipinski definition) is 3. The van der Waals surface area contributed by atoms with E-state index >= 15 is 0 Å². The molecule has 0 atom stereocenters. The maximum atomic E-state index is 7.61. The van der Waals surface area contributed by atoms with Crippen LogP contribution >= 0.6 is 0 Å². The largest absolute Gasteiger partial charge is 0.397 e. The van der Waals surface area contributed by atoms with Gasteiger partial charge in [0.25, 0.3) is 0 Å². The van der Waals surface area contributed by atoms with Crippen molar-refractivity contribution in [2.75, 3.05) is 0 Å². The number of rotatable bonds is 3. The predicted molar refractivity (Wildman–Crippen MR) is 63.7 cm³/mol. The molecule has 0 aliphatic heterocycles. The van der Waals surface area contributed by atoms with Crippen molar-refractivity contribution in [1.29, 1.82) is 5.41 Å². The maximum Gasteiger partial charge on any atom is 0.0766 e. The van der Waals surface area contributed by atoms with Crippen LogP contribution in [0.3, 0.4) is 0 Å². The third-order valence-corrected chi connectivity index (χ3v) is 2.00. The Balaban J connectivity index is 2.97. The Labute approximate surface area is 89.9 Å². The quantitative estimate of drug-likeness (QED) is 0.737. The molecule has 1 heterocycles. The lowest BCUT2D eigenvalue weighted by molar-refractivity contribution is 1.19. The highest BCUT2D eigenvalue weighted by Gasteiger charge is 1.98. The number of pyridine rings is 1. The molecule has 15 heavy (non-hydrogen) atoms. The molecule has 0 aromatic carbocycles. The molecule has 0 fully saturated rings. The van der Waals surface area contributed by atoms with Gasteiger partial charge < -0.3 is 5.73 Å². The van der Waals surface area contributed by atoms with Crippen molar-refractivity contribution < 1.29 is 0 Å². The summed E-state index contributed by atoms with van der Waals surface area (Å²) in [5.41, 5.74) is 8.39. The van der Waals surface area contributed by atoms with Gasteiger partial charge in [-0.05, 0) is 37.6 Å². The fourth-order valence-electron chi connectivity index (χ4n) is 1.16. The van der Waals surface area contributed by atoms with E-state index in [1.807, 2.05) is 26.0 Å². The van der Waals surface area contributed by atoms with E-state index in [1.54, 1.807) is 24.4 Å². The summed E-state index contributed by atoms with van der Waals surface area (Å²) in [5, 5.41) is 7.61. The monoisotopic (exact) mass is 201 g/mol. The minimum absolute atomic E-state index is 0.320. The van der Waals surface area contributed by atoms with Crippen LogP contribution in [-0.4, -0.2) is 10.7 Å². The minimum atomic E-state index is 0.320. The lowest BCUT2D eigenvalue weighted by atomic mass is 10.1. The van der Waals surface area contributed by atoms with Crippen LogP contribution in [0.15, 0.2) is 36.2 Å². The fourth-order valence-corrected chi connectivity index (χ4v) is 1.16. The highest BCUT2D eigenvalue weighted by atomic mass is 14.7. The van der Waals surface area contributed by atoms with Gasteiger partial charge in [-0.15, -0.1) is 0 Å². The first-order chi connectivity index (χ1) is 7.15. The van der Waals surface area contributed by atoms with Crippen molar-refractivity contribution >= 4 is 11.8 Å². The van der Waals surface area contributed by atoms with Gasteiger partial charge >= 0.3 is 0 Å². The average Bonchev–Trinajstić information content (AvgIpc) is 2.21. The number of nitrogens with two attached hydrogens (primary N) is 1. The summed E-state index contributed by atoms with van der Waals surface area (Å²) in [6, 6.07) is 3.78. The molecule has 1 rings (SSSR count). The van der Waals surface area contributed by atoms with Crippen molar-refractivity contribution in [2.24, 2.45) is 5.73 Å². The topological polar surface area (TPSA) is 62.8 Å². The van der Waals surface area contributed by atoms with Gasteiger partial charge in [0, 0.05) is 11.9 Å². The van der Waals surface area contributed by atoms with E-state index in [0.29, 0.717) is 11.4 Å². The second-order valence-corrected chi connectivity index (χ2v) is 3.19. The minimum Gasteiger partial charge on any atom is -0.397 e. The molecule has 0 saturated carbocycles. The Bertz CT molecular complexity index is 417. The van der Waals surface area contributed by atoms with Crippen molar-refractivity contribution in [3.05, 3.63) is 47.4 Å². The van der Waals surface area contributed by atoms with E-state index in [4.69, 9.17) is 11.1 Å². The molecule has 3 nitrogen and oxygen atoms in total. The smallest absolute Gasteiger partial charge is 0.0766 e. The van der Waals surface area contributed by atoms with E-state index < -0.39 is 0 Å². The normalized spacial score (nSPS) is 12.0. The van der Waals surface area contributed by atoms with Crippen LogP contribution in [-0.2, 0) is 0 Å². The SMILES string of the molecule is C/C=C\C(=N)/C(N)=C/c1cccnc1C. The van der Waals surface area contributed by atoms with Crippen LogP contribution in [0.1, 0.15) is 18.2 Å². The van der Waals surface area contributed by atoms with Gasteiger partial charge in [-0.1, -0.05) is 12.1 Å². The van der Waals surface area contributed by atoms with Gasteiger partial charge in [-0.25, -0.2) is 0 Å². The Hall–Kier alpha value is -1.90. The molecule has 0 aliphatic rings. The molecule has 1 aromatic rings. The number of allylic oxidation sites excluding steroid dienone is 2. The zero-order chi connectivity index (χ0) is 11.3. The Morgan fingerprint density at radius 1 is 1.53 bits per heavy atom. The molecule has 1 aromatic heterocycles. The Kier molecular flexibility index (Phi) is 3.80. The Morgan fingerprint density at radius 3 is 2.87 bits per heavy atom. The van der Waals surface area contributed by atoms with Crippen molar-refractivity contribution in [2.45, 2.75) is 13.8 Å². The van der Waals surface area contributed by atoms with Crippen LogP contribution in [0.2, 0.25) is 0 Å². The lowest BCUT2D eigenvalue weighted by Crippen LogP contribution is -2.07. The highest BCUT2D eigenvalue weighted by Crippen LogP contribution is 2.08. The number of aromatic nitrogens is 1. The number of hydrogen-bond donors (Lipinski definition) is 2. The van der Waals surface area contributed by atoms with Gasteiger partial charge in [0.2, 0.25) is 0 Å². The average molecular weight is 201 g/mol. The molecule has 0 aliphatic carbocycles. The van der Waals surface area contributed by atoms with Gasteiger partial charge in [0.05, 0.1) is 11.4 Å². The molecule has 0 saturated heterocycles. The molecule has 0 spiro atoms. The summed E-state index contributed by atoms with van der Waals surface area (Å²) < 4.78 is 0. The predicted octanol–water partition coefficient (Wildman–Crippen LogP) is 2.29. The summed E-state index contributed by atoms with van der Waals surface area (Å²) in [5.74, 6) is 0. The second kappa shape index (κ2) is 5.10. The standard InChI is InChI=1S/C12H15N3/c1-3-5-11(13)12(14)8-10-6-4-7-15-9(10)2/h3-8,13H,14H2,1-2H3/b5-3-,12-8-,13-11?. The van der Waals surface area contributed by atoms with E-state index in [2.05, 4.69) is 4.98 Å². The van der Waals surface area contributed by atoms with Crippen LogP contribution in [0, 0.1) is 12.3 Å². The van der Waals surface area contributed by atoms with Crippen molar-refractivity contribution in [3.8, 4) is 0 Å². The van der Waals surface area contributed by atoms with Crippen LogP contribution in [0.25, 0.3) is 6.08 Å². The zero-order valence-electron chi connectivity index (χ0n) is 8.99. The molecule has 0 amide bonds.